The fraction of sp³-hybridized carbons (Fsp3) is 0.333. The van der Waals surface area contributed by atoms with Gasteiger partial charge in [0.15, 0.2) is 18.0 Å². The van der Waals surface area contributed by atoms with Crippen LogP contribution >= 0.6 is 0 Å². The summed E-state index contributed by atoms with van der Waals surface area (Å²) in [5, 5.41) is 5.07. The molecule has 0 spiro atoms. The number of unbranched alkanes of at least 4 members (excludes halogenated alkanes) is 1. The molecule has 140 valence electrons. The molecule has 0 aliphatic heterocycles. The third kappa shape index (κ3) is 4.22. The van der Waals surface area contributed by atoms with E-state index in [1.165, 1.54) is 11.8 Å². The van der Waals surface area contributed by atoms with E-state index in [0.29, 0.717) is 16.8 Å². The van der Waals surface area contributed by atoms with Crippen LogP contribution in [0.25, 0.3) is 11.0 Å². The summed E-state index contributed by atoms with van der Waals surface area (Å²) >= 11 is 0. The molecule has 3 rings (SSSR count). The number of pyridine rings is 1. The van der Waals surface area contributed by atoms with Gasteiger partial charge in [0.25, 0.3) is 0 Å². The molecule has 0 bridgehead atoms. The van der Waals surface area contributed by atoms with Crippen molar-refractivity contribution in [1.82, 2.24) is 14.8 Å². The molecule has 0 aliphatic carbocycles. The largest absolute Gasteiger partial charge is 0.454 e. The maximum atomic E-state index is 12.3. The van der Waals surface area contributed by atoms with Gasteiger partial charge < -0.3 is 4.74 Å². The van der Waals surface area contributed by atoms with E-state index in [4.69, 9.17) is 4.74 Å². The molecule has 0 N–H and O–H groups in total. The zero-order valence-corrected chi connectivity index (χ0v) is 15.9. The molecule has 6 nitrogen and oxygen atoms in total. The summed E-state index contributed by atoms with van der Waals surface area (Å²) in [6, 6.07) is 9.17. The summed E-state index contributed by atoms with van der Waals surface area (Å²) in [6.45, 7) is 3.71. The third-order valence-corrected chi connectivity index (χ3v) is 4.53. The van der Waals surface area contributed by atoms with Gasteiger partial charge in [-0.1, -0.05) is 37.6 Å². The first kappa shape index (κ1) is 18.8. The van der Waals surface area contributed by atoms with Crippen LogP contribution < -0.4 is 0 Å². The topological polar surface area (TPSA) is 74.1 Å². The standard InChI is InChI=1S/C21H23N3O3/c1-4-5-6-15-7-9-16(10-8-15)19(25)13-27-21(26)17-11-18-14(2)23-24(3)20(18)22-12-17/h7-12H,4-6,13H2,1-3H3. The van der Waals surface area contributed by atoms with Crippen LogP contribution in [0.1, 0.15) is 51.7 Å². The molecule has 0 radical (unpaired) electrons. The average Bonchev–Trinajstić information content (AvgIpc) is 2.98. The molecule has 0 aliphatic rings. The molecule has 0 saturated heterocycles. The van der Waals surface area contributed by atoms with Crippen molar-refractivity contribution >= 4 is 22.8 Å². The SMILES string of the molecule is CCCCc1ccc(C(=O)COC(=O)c2cnc3c(c2)c(C)nn3C)cc1. The Hall–Kier alpha value is -3.02. The van der Waals surface area contributed by atoms with E-state index in [2.05, 4.69) is 17.0 Å². The fourth-order valence-electron chi connectivity index (χ4n) is 2.96. The minimum atomic E-state index is -0.569. The molecule has 0 atom stereocenters. The van der Waals surface area contributed by atoms with Gasteiger partial charge in [-0.3, -0.25) is 9.48 Å². The molecule has 0 fully saturated rings. The Morgan fingerprint density at radius 1 is 1.15 bits per heavy atom. The lowest BCUT2D eigenvalue weighted by Crippen LogP contribution is -2.14. The molecule has 0 amide bonds. The second-order valence-corrected chi connectivity index (χ2v) is 6.60. The van der Waals surface area contributed by atoms with Crippen molar-refractivity contribution in [3.63, 3.8) is 0 Å². The number of carbonyl (C=O) groups excluding carboxylic acids is 2. The number of fused-ring (bicyclic) bond motifs is 1. The molecule has 6 heteroatoms. The van der Waals surface area contributed by atoms with E-state index in [0.717, 1.165) is 30.3 Å². The summed E-state index contributed by atoms with van der Waals surface area (Å²) in [4.78, 5) is 28.8. The number of hydrogen-bond acceptors (Lipinski definition) is 5. The number of Topliss-reactive ketones (excluding diaryl/α,β-unsaturated/α-hetero) is 1. The number of benzene rings is 1. The van der Waals surface area contributed by atoms with Gasteiger partial charge in [-0.2, -0.15) is 5.10 Å². The molecule has 27 heavy (non-hydrogen) atoms. The smallest absolute Gasteiger partial charge is 0.340 e. The number of ketones is 1. The van der Waals surface area contributed by atoms with E-state index >= 15 is 0 Å². The molecule has 0 unspecified atom stereocenters. The zero-order valence-electron chi connectivity index (χ0n) is 15.9. The Morgan fingerprint density at radius 3 is 2.59 bits per heavy atom. The molecule has 1 aromatic carbocycles. The van der Waals surface area contributed by atoms with Crippen LogP contribution in [0.5, 0.6) is 0 Å². The first-order valence-electron chi connectivity index (χ1n) is 9.08. The van der Waals surface area contributed by atoms with Crippen LogP contribution in [0.3, 0.4) is 0 Å². The van der Waals surface area contributed by atoms with Gasteiger partial charge in [-0.05, 0) is 31.4 Å². The van der Waals surface area contributed by atoms with Crippen molar-refractivity contribution in [3.8, 4) is 0 Å². The van der Waals surface area contributed by atoms with Crippen molar-refractivity contribution in [1.29, 1.82) is 0 Å². The van der Waals surface area contributed by atoms with Gasteiger partial charge >= 0.3 is 5.97 Å². The predicted octanol–water partition coefficient (Wildman–Crippen LogP) is 3.66. The van der Waals surface area contributed by atoms with E-state index in [1.807, 2.05) is 19.1 Å². The average molecular weight is 365 g/mol. The lowest BCUT2D eigenvalue weighted by molar-refractivity contribution is 0.0474. The van der Waals surface area contributed by atoms with Crippen molar-refractivity contribution in [2.45, 2.75) is 33.1 Å². The number of hydrogen-bond donors (Lipinski definition) is 0. The van der Waals surface area contributed by atoms with Gasteiger partial charge in [0.1, 0.15) is 0 Å². The number of ether oxygens (including phenoxy) is 1. The Morgan fingerprint density at radius 2 is 1.89 bits per heavy atom. The Kier molecular flexibility index (Phi) is 5.64. The number of carbonyl (C=O) groups is 2. The Balaban J connectivity index is 1.63. The highest BCUT2D eigenvalue weighted by Crippen LogP contribution is 2.17. The molecule has 2 aromatic heterocycles. The van der Waals surface area contributed by atoms with Crippen LogP contribution in [-0.4, -0.2) is 33.1 Å². The van der Waals surface area contributed by atoms with E-state index in [-0.39, 0.29) is 12.4 Å². The second-order valence-electron chi connectivity index (χ2n) is 6.60. The summed E-state index contributed by atoms with van der Waals surface area (Å²) in [7, 11) is 1.80. The van der Waals surface area contributed by atoms with Crippen LogP contribution in [0.4, 0.5) is 0 Å². The monoisotopic (exact) mass is 365 g/mol. The predicted molar refractivity (Wildman–Crippen MR) is 103 cm³/mol. The molecule has 3 aromatic rings. The van der Waals surface area contributed by atoms with E-state index in [1.54, 1.807) is 29.9 Å². The maximum Gasteiger partial charge on any atom is 0.340 e. The highest BCUT2D eigenvalue weighted by molar-refractivity contribution is 6.00. The maximum absolute atomic E-state index is 12.3. The molecular weight excluding hydrogens is 342 g/mol. The van der Waals surface area contributed by atoms with E-state index < -0.39 is 5.97 Å². The molecule has 2 heterocycles. The normalized spacial score (nSPS) is 10.9. The summed E-state index contributed by atoms with van der Waals surface area (Å²) in [6.07, 6.45) is 4.71. The minimum Gasteiger partial charge on any atom is -0.454 e. The lowest BCUT2D eigenvalue weighted by atomic mass is 10.0. The number of aryl methyl sites for hydroxylation is 3. The third-order valence-electron chi connectivity index (χ3n) is 4.53. The van der Waals surface area contributed by atoms with Crippen LogP contribution in [-0.2, 0) is 18.2 Å². The Labute approximate surface area is 158 Å². The van der Waals surface area contributed by atoms with Crippen molar-refractivity contribution in [2.75, 3.05) is 6.61 Å². The van der Waals surface area contributed by atoms with Crippen LogP contribution in [0.2, 0.25) is 0 Å². The highest BCUT2D eigenvalue weighted by atomic mass is 16.5. The Bertz CT molecular complexity index is 974. The van der Waals surface area contributed by atoms with E-state index in [9.17, 15) is 9.59 Å². The summed E-state index contributed by atoms with van der Waals surface area (Å²) < 4.78 is 6.84. The van der Waals surface area contributed by atoms with Gasteiger partial charge in [-0.25, -0.2) is 9.78 Å². The fourth-order valence-corrected chi connectivity index (χ4v) is 2.96. The number of rotatable bonds is 7. The highest BCUT2D eigenvalue weighted by Gasteiger charge is 2.15. The van der Waals surface area contributed by atoms with Gasteiger partial charge in [0.2, 0.25) is 0 Å². The van der Waals surface area contributed by atoms with Gasteiger partial charge in [0.05, 0.1) is 11.3 Å². The number of nitrogens with zero attached hydrogens (tertiary/aromatic N) is 3. The second kappa shape index (κ2) is 8.12. The van der Waals surface area contributed by atoms with Gasteiger partial charge in [-0.15, -0.1) is 0 Å². The first-order chi connectivity index (χ1) is 13.0. The van der Waals surface area contributed by atoms with Crippen LogP contribution in [0.15, 0.2) is 36.5 Å². The van der Waals surface area contributed by atoms with Crippen molar-refractivity contribution < 1.29 is 14.3 Å². The van der Waals surface area contributed by atoms with Crippen LogP contribution in [0, 0.1) is 6.92 Å². The summed E-state index contributed by atoms with van der Waals surface area (Å²) in [5.74, 6) is -0.794. The van der Waals surface area contributed by atoms with Crippen molar-refractivity contribution in [3.05, 3.63) is 58.9 Å². The zero-order chi connectivity index (χ0) is 19.4. The first-order valence-corrected chi connectivity index (χ1v) is 9.08. The lowest BCUT2D eigenvalue weighted by Gasteiger charge is -2.06. The van der Waals surface area contributed by atoms with Crippen molar-refractivity contribution in [2.24, 2.45) is 7.05 Å². The number of aromatic nitrogens is 3. The quantitative estimate of drug-likeness (QED) is 0.472. The summed E-state index contributed by atoms with van der Waals surface area (Å²) in [5.41, 5.74) is 3.54. The number of esters is 1. The van der Waals surface area contributed by atoms with Gasteiger partial charge in [0, 0.05) is 24.2 Å². The molecular formula is C21H23N3O3. The molecule has 0 saturated carbocycles. The minimum absolute atomic E-state index is 0.225.